The van der Waals surface area contributed by atoms with Gasteiger partial charge in [0.2, 0.25) is 5.91 Å². The molecular formula is C22H18N4O3. The highest BCUT2D eigenvalue weighted by molar-refractivity contribution is 5.90. The Morgan fingerprint density at radius 1 is 0.931 bits per heavy atom. The number of carbonyl (C=O) groups excluding carboxylic acids is 1. The normalized spacial score (nSPS) is 10.6. The summed E-state index contributed by atoms with van der Waals surface area (Å²) in [5.74, 6) is 0.332. The van der Waals surface area contributed by atoms with Crippen LogP contribution in [0.5, 0.6) is 5.75 Å². The maximum Gasteiger partial charge on any atom is 0.278 e. The average molecular weight is 386 g/mol. The number of carbonyl (C=O) groups is 1. The van der Waals surface area contributed by atoms with Crippen LogP contribution in [0.2, 0.25) is 0 Å². The zero-order valence-corrected chi connectivity index (χ0v) is 15.5. The Morgan fingerprint density at radius 2 is 1.66 bits per heavy atom. The minimum absolute atomic E-state index is 0.219. The van der Waals surface area contributed by atoms with Gasteiger partial charge in [-0.15, -0.1) is 5.10 Å². The summed E-state index contributed by atoms with van der Waals surface area (Å²) in [6.45, 7) is 0.249. The Morgan fingerprint density at radius 3 is 2.45 bits per heavy atom. The van der Waals surface area contributed by atoms with Gasteiger partial charge in [-0.3, -0.25) is 9.59 Å². The van der Waals surface area contributed by atoms with Crippen molar-refractivity contribution in [3.05, 3.63) is 94.8 Å². The van der Waals surface area contributed by atoms with E-state index >= 15 is 0 Å². The molecule has 7 heteroatoms. The fourth-order valence-electron chi connectivity index (χ4n) is 2.84. The molecule has 0 saturated heterocycles. The molecule has 0 fully saturated rings. The maximum absolute atomic E-state index is 12.4. The first kappa shape index (κ1) is 18.4. The van der Waals surface area contributed by atoms with Gasteiger partial charge in [-0.2, -0.15) is 0 Å². The highest BCUT2D eigenvalue weighted by atomic mass is 16.5. The number of benzene rings is 3. The van der Waals surface area contributed by atoms with Crippen LogP contribution in [0.4, 0.5) is 5.69 Å². The molecule has 3 aromatic carbocycles. The first-order chi connectivity index (χ1) is 14.2. The van der Waals surface area contributed by atoms with E-state index in [1.165, 1.54) is 0 Å². The Bertz CT molecular complexity index is 1190. The molecule has 4 rings (SSSR count). The predicted molar refractivity (Wildman–Crippen MR) is 110 cm³/mol. The van der Waals surface area contributed by atoms with E-state index in [1.807, 2.05) is 30.3 Å². The minimum atomic E-state index is -0.366. The van der Waals surface area contributed by atoms with Gasteiger partial charge in [0.25, 0.3) is 5.56 Å². The Balaban J connectivity index is 1.37. The van der Waals surface area contributed by atoms with Crippen LogP contribution in [0.15, 0.2) is 83.7 Å². The van der Waals surface area contributed by atoms with Crippen LogP contribution in [0, 0.1) is 0 Å². The molecule has 0 unspecified atom stereocenters. The van der Waals surface area contributed by atoms with Crippen molar-refractivity contribution in [2.24, 2.45) is 0 Å². The molecule has 1 amide bonds. The van der Waals surface area contributed by atoms with Gasteiger partial charge in [-0.1, -0.05) is 47.7 Å². The lowest BCUT2D eigenvalue weighted by Crippen LogP contribution is -2.30. The number of rotatable bonds is 6. The van der Waals surface area contributed by atoms with E-state index < -0.39 is 0 Å². The molecule has 4 aromatic rings. The minimum Gasteiger partial charge on any atom is -0.489 e. The van der Waals surface area contributed by atoms with Crippen molar-refractivity contribution in [1.82, 2.24) is 15.0 Å². The van der Waals surface area contributed by atoms with Crippen LogP contribution in [0.3, 0.4) is 0 Å². The topological polar surface area (TPSA) is 86.1 Å². The van der Waals surface area contributed by atoms with Gasteiger partial charge in [0.15, 0.2) is 0 Å². The third kappa shape index (κ3) is 4.47. The van der Waals surface area contributed by atoms with Crippen LogP contribution in [-0.4, -0.2) is 20.9 Å². The van der Waals surface area contributed by atoms with Crippen LogP contribution in [0.25, 0.3) is 10.9 Å². The first-order valence-corrected chi connectivity index (χ1v) is 9.08. The van der Waals surface area contributed by atoms with Crippen molar-refractivity contribution in [1.29, 1.82) is 0 Å². The van der Waals surface area contributed by atoms with Crippen molar-refractivity contribution in [3.8, 4) is 5.75 Å². The van der Waals surface area contributed by atoms with Crippen molar-refractivity contribution in [2.45, 2.75) is 13.2 Å². The van der Waals surface area contributed by atoms with E-state index in [0.717, 1.165) is 10.2 Å². The highest BCUT2D eigenvalue weighted by Crippen LogP contribution is 2.17. The van der Waals surface area contributed by atoms with Crippen molar-refractivity contribution in [3.63, 3.8) is 0 Å². The number of ether oxygens (including phenoxy) is 1. The summed E-state index contributed by atoms with van der Waals surface area (Å²) in [5.41, 5.74) is 1.83. The summed E-state index contributed by atoms with van der Waals surface area (Å²) in [7, 11) is 0. The van der Waals surface area contributed by atoms with Crippen molar-refractivity contribution >= 4 is 22.5 Å². The first-order valence-electron chi connectivity index (χ1n) is 9.08. The van der Waals surface area contributed by atoms with Crippen LogP contribution >= 0.6 is 0 Å². The van der Waals surface area contributed by atoms with E-state index in [0.29, 0.717) is 28.9 Å². The molecule has 29 heavy (non-hydrogen) atoms. The standard InChI is InChI=1S/C22H18N4O3/c27-21(14-26-22(28)19-8-4-5-9-20(19)24-25-26)23-17-10-12-18(13-11-17)29-15-16-6-2-1-3-7-16/h1-13H,14-15H2,(H,23,27). The summed E-state index contributed by atoms with van der Waals surface area (Å²) in [6, 6.07) is 23.8. The van der Waals surface area contributed by atoms with E-state index in [1.54, 1.807) is 48.5 Å². The second-order valence-corrected chi connectivity index (χ2v) is 6.42. The lowest BCUT2D eigenvalue weighted by molar-refractivity contribution is -0.117. The molecular weight excluding hydrogens is 368 g/mol. The third-order valence-corrected chi connectivity index (χ3v) is 4.31. The number of nitrogens with one attached hydrogen (secondary N) is 1. The zero-order chi connectivity index (χ0) is 20.1. The fourth-order valence-corrected chi connectivity index (χ4v) is 2.84. The van der Waals surface area contributed by atoms with Crippen molar-refractivity contribution in [2.75, 3.05) is 5.32 Å². The molecule has 0 radical (unpaired) electrons. The fraction of sp³-hybridized carbons (Fsp3) is 0.0909. The van der Waals surface area contributed by atoms with E-state index in [2.05, 4.69) is 15.6 Å². The molecule has 0 saturated carbocycles. The Labute approximate surface area is 166 Å². The van der Waals surface area contributed by atoms with Crippen LogP contribution in [-0.2, 0) is 17.9 Å². The molecule has 0 aliphatic heterocycles. The van der Waals surface area contributed by atoms with Crippen LogP contribution in [0.1, 0.15) is 5.56 Å². The van der Waals surface area contributed by atoms with Gasteiger partial charge in [0, 0.05) is 5.69 Å². The molecule has 144 valence electrons. The Kier molecular flexibility index (Phi) is 5.29. The number of aromatic nitrogens is 3. The summed E-state index contributed by atoms with van der Waals surface area (Å²) >= 11 is 0. The number of amides is 1. The molecule has 1 aromatic heterocycles. The van der Waals surface area contributed by atoms with Gasteiger partial charge >= 0.3 is 0 Å². The van der Waals surface area contributed by atoms with Gasteiger partial charge < -0.3 is 10.1 Å². The predicted octanol–water partition coefficient (Wildman–Crippen LogP) is 3.01. The summed E-state index contributed by atoms with van der Waals surface area (Å²) in [6.07, 6.45) is 0. The monoisotopic (exact) mass is 386 g/mol. The van der Waals surface area contributed by atoms with Crippen LogP contribution < -0.4 is 15.6 Å². The van der Waals surface area contributed by atoms with Gasteiger partial charge in [-0.25, -0.2) is 4.68 Å². The quantitative estimate of drug-likeness (QED) is 0.551. The van der Waals surface area contributed by atoms with E-state index in [4.69, 9.17) is 4.74 Å². The Hall–Kier alpha value is -4.00. The summed E-state index contributed by atoms with van der Waals surface area (Å²) in [4.78, 5) is 24.7. The van der Waals surface area contributed by atoms with E-state index in [9.17, 15) is 9.59 Å². The maximum atomic E-state index is 12.4. The molecule has 1 heterocycles. The second-order valence-electron chi connectivity index (χ2n) is 6.42. The molecule has 0 aliphatic carbocycles. The SMILES string of the molecule is O=C(Cn1nnc2ccccc2c1=O)Nc1ccc(OCc2ccccc2)cc1. The molecule has 0 spiro atoms. The lowest BCUT2D eigenvalue weighted by atomic mass is 10.2. The van der Waals surface area contributed by atoms with Gasteiger partial charge in [0.1, 0.15) is 24.4 Å². The third-order valence-electron chi connectivity index (χ3n) is 4.31. The second kappa shape index (κ2) is 8.35. The molecule has 7 nitrogen and oxygen atoms in total. The smallest absolute Gasteiger partial charge is 0.278 e. The number of anilines is 1. The highest BCUT2D eigenvalue weighted by Gasteiger charge is 2.10. The number of hydrogen-bond acceptors (Lipinski definition) is 5. The van der Waals surface area contributed by atoms with Gasteiger partial charge in [0.05, 0.1) is 5.39 Å². The number of fused-ring (bicyclic) bond motifs is 1. The average Bonchev–Trinajstić information content (AvgIpc) is 2.76. The molecule has 1 N–H and O–H groups in total. The van der Waals surface area contributed by atoms with E-state index in [-0.39, 0.29) is 18.0 Å². The molecule has 0 atom stereocenters. The largest absolute Gasteiger partial charge is 0.489 e. The zero-order valence-electron chi connectivity index (χ0n) is 15.5. The summed E-state index contributed by atoms with van der Waals surface area (Å²) in [5, 5.41) is 11.0. The lowest BCUT2D eigenvalue weighted by Gasteiger charge is -2.09. The molecule has 0 bridgehead atoms. The summed E-state index contributed by atoms with van der Waals surface area (Å²) < 4.78 is 6.78. The number of nitrogens with zero attached hydrogens (tertiary/aromatic N) is 3. The molecule has 0 aliphatic rings. The van der Waals surface area contributed by atoms with Gasteiger partial charge in [-0.05, 0) is 42.0 Å². The van der Waals surface area contributed by atoms with Crippen molar-refractivity contribution < 1.29 is 9.53 Å². The number of hydrogen-bond donors (Lipinski definition) is 1.